The minimum absolute atomic E-state index is 0.488. The Labute approximate surface area is 94.4 Å². The first-order valence-electron chi connectivity index (χ1n) is 6.51. The fourth-order valence-electron chi connectivity index (χ4n) is 2.25. The average Bonchev–Trinajstić information content (AvgIpc) is 2.79. The molecule has 0 amide bonds. The maximum absolute atomic E-state index is 3.74. The SMILES string of the molecule is CC(C)(C)CCN1CCC(NC2CC2)C1. The number of hydrogen-bond donors (Lipinski definition) is 1. The summed E-state index contributed by atoms with van der Waals surface area (Å²) in [6, 6.07) is 1.66. The molecular formula is C13H26N2. The molecule has 2 aliphatic rings. The second-order valence-corrected chi connectivity index (χ2v) is 6.54. The van der Waals surface area contributed by atoms with Gasteiger partial charge in [-0.3, -0.25) is 0 Å². The van der Waals surface area contributed by atoms with Crippen LogP contribution in [-0.4, -0.2) is 36.6 Å². The van der Waals surface area contributed by atoms with Crippen molar-refractivity contribution >= 4 is 0 Å². The first kappa shape index (κ1) is 11.4. The molecule has 0 bridgehead atoms. The van der Waals surface area contributed by atoms with Gasteiger partial charge in [-0.25, -0.2) is 0 Å². The van der Waals surface area contributed by atoms with Crippen molar-refractivity contribution in [3.8, 4) is 0 Å². The van der Waals surface area contributed by atoms with Gasteiger partial charge in [-0.1, -0.05) is 20.8 Å². The Morgan fingerprint density at radius 1 is 1.13 bits per heavy atom. The van der Waals surface area contributed by atoms with Crippen LogP contribution in [0.3, 0.4) is 0 Å². The maximum Gasteiger partial charge on any atom is 0.0209 e. The molecule has 0 aromatic carbocycles. The molecule has 2 heteroatoms. The van der Waals surface area contributed by atoms with Gasteiger partial charge >= 0.3 is 0 Å². The summed E-state index contributed by atoms with van der Waals surface area (Å²) in [6.45, 7) is 10.9. The molecule has 2 fully saturated rings. The quantitative estimate of drug-likeness (QED) is 0.765. The lowest BCUT2D eigenvalue weighted by atomic mass is 9.92. The summed E-state index contributed by atoms with van der Waals surface area (Å²) in [5.74, 6) is 0. The van der Waals surface area contributed by atoms with Gasteiger partial charge in [0.2, 0.25) is 0 Å². The zero-order valence-electron chi connectivity index (χ0n) is 10.6. The van der Waals surface area contributed by atoms with Crippen LogP contribution in [-0.2, 0) is 0 Å². The Hall–Kier alpha value is -0.0800. The second-order valence-electron chi connectivity index (χ2n) is 6.54. The third kappa shape index (κ3) is 4.12. The molecule has 1 saturated carbocycles. The highest BCUT2D eigenvalue weighted by Gasteiger charge is 2.29. The number of likely N-dealkylation sites (tertiary alicyclic amines) is 1. The molecule has 88 valence electrons. The van der Waals surface area contributed by atoms with E-state index < -0.39 is 0 Å². The van der Waals surface area contributed by atoms with Crippen molar-refractivity contribution < 1.29 is 0 Å². The summed E-state index contributed by atoms with van der Waals surface area (Å²) < 4.78 is 0. The summed E-state index contributed by atoms with van der Waals surface area (Å²) in [5.41, 5.74) is 0.488. The van der Waals surface area contributed by atoms with Crippen LogP contribution in [0, 0.1) is 5.41 Å². The van der Waals surface area contributed by atoms with Gasteiger partial charge < -0.3 is 10.2 Å². The van der Waals surface area contributed by atoms with Crippen LogP contribution in [0.25, 0.3) is 0 Å². The largest absolute Gasteiger partial charge is 0.310 e. The van der Waals surface area contributed by atoms with E-state index in [1.165, 1.54) is 45.3 Å². The van der Waals surface area contributed by atoms with Crippen molar-refractivity contribution in [2.45, 2.75) is 58.5 Å². The molecule has 1 unspecified atom stereocenters. The minimum atomic E-state index is 0.488. The van der Waals surface area contributed by atoms with E-state index in [0.29, 0.717) is 5.41 Å². The van der Waals surface area contributed by atoms with Crippen LogP contribution < -0.4 is 5.32 Å². The van der Waals surface area contributed by atoms with Gasteiger partial charge in [-0.05, 0) is 44.2 Å². The lowest BCUT2D eigenvalue weighted by Gasteiger charge is -2.23. The summed E-state index contributed by atoms with van der Waals surface area (Å²) in [7, 11) is 0. The van der Waals surface area contributed by atoms with Gasteiger partial charge in [-0.2, -0.15) is 0 Å². The molecule has 0 aromatic rings. The summed E-state index contributed by atoms with van der Waals surface area (Å²) in [6.07, 6.45) is 5.51. The molecule has 1 aliphatic heterocycles. The van der Waals surface area contributed by atoms with Crippen molar-refractivity contribution in [2.75, 3.05) is 19.6 Å². The highest BCUT2D eigenvalue weighted by atomic mass is 15.2. The number of nitrogens with zero attached hydrogens (tertiary/aromatic N) is 1. The second kappa shape index (κ2) is 4.42. The third-order valence-electron chi connectivity index (χ3n) is 3.50. The van der Waals surface area contributed by atoms with Crippen LogP contribution in [0.1, 0.15) is 46.5 Å². The topological polar surface area (TPSA) is 15.3 Å². The molecule has 2 rings (SSSR count). The molecule has 1 atom stereocenters. The monoisotopic (exact) mass is 210 g/mol. The van der Waals surface area contributed by atoms with Crippen LogP contribution in [0.15, 0.2) is 0 Å². The molecule has 0 radical (unpaired) electrons. The van der Waals surface area contributed by atoms with Crippen LogP contribution >= 0.6 is 0 Å². The molecular weight excluding hydrogens is 184 g/mol. The molecule has 1 saturated heterocycles. The average molecular weight is 210 g/mol. The van der Waals surface area contributed by atoms with Gasteiger partial charge in [0.15, 0.2) is 0 Å². The molecule has 0 aromatic heterocycles. The minimum Gasteiger partial charge on any atom is -0.310 e. The van der Waals surface area contributed by atoms with Gasteiger partial charge in [0.1, 0.15) is 0 Å². The summed E-state index contributed by atoms with van der Waals surface area (Å²) in [4.78, 5) is 2.63. The number of rotatable bonds is 4. The molecule has 15 heavy (non-hydrogen) atoms. The van der Waals surface area contributed by atoms with Gasteiger partial charge in [0.25, 0.3) is 0 Å². The van der Waals surface area contributed by atoms with Gasteiger partial charge in [0, 0.05) is 18.6 Å². The zero-order valence-corrected chi connectivity index (χ0v) is 10.6. The van der Waals surface area contributed by atoms with E-state index >= 15 is 0 Å². The fraction of sp³-hybridized carbons (Fsp3) is 1.00. The van der Waals surface area contributed by atoms with Crippen LogP contribution in [0.2, 0.25) is 0 Å². The lowest BCUT2D eigenvalue weighted by Crippen LogP contribution is -2.34. The van der Waals surface area contributed by atoms with Crippen LogP contribution in [0.5, 0.6) is 0 Å². The molecule has 1 N–H and O–H groups in total. The van der Waals surface area contributed by atoms with E-state index in [9.17, 15) is 0 Å². The third-order valence-corrected chi connectivity index (χ3v) is 3.50. The predicted molar refractivity (Wildman–Crippen MR) is 65.1 cm³/mol. The Morgan fingerprint density at radius 3 is 2.47 bits per heavy atom. The molecule has 2 nitrogen and oxygen atoms in total. The van der Waals surface area contributed by atoms with E-state index in [2.05, 4.69) is 31.0 Å². The van der Waals surface area contributed by atoms with Gasteiger partial charge in [0.05, 0.1) is 0 Å². The Bertz CT molecular complexity index is 203. The van der Waals surface area contributed by atoms with E-state index in [1.54, 1.807) is 0 Å². The Morgan fingerprint density at radius 2 is 1.87 bits per heavy atom. The molecule has 1 heterocycles. The predicted octanol–water partition coefficient (Wildman–Crippen LogP) is 2.25. The fourth-order valence-corrected chi connectivity index (χ4v) is 2.25. The van der Waals surface area contributed by atoms with Crippen molar-refractivity contribution in [2.24, 2.45) is 5.41 Å². The maximum atomic E-state index is 3.74. The van der Waals surface area contributed by atoms with Crippen molar-refractivity contribution in [1.82, 2.24) is 10.2 Å². The molecule has 0 spiro atoms. The number of nitrogens with one attached hydrogen (secondary N) is 1. The van der Waals surface area contributed by atoms with E-state index in [0.717, 1.165) is 12.1 Å². The van der Waals surface area contributed by atoms with E-state index in [1.807, 2.05) is 0 Å². The highest BCUT2D eigenvalue weighted by molar-refractivity contribution is 4.89. The highest BCUT2D eigenvalue weighted by Crippen LogP contribution is 2.23. The van der Waals surface area contributed by atoms with Crippen molar-refractivity contribution in [1.29, 1.82) is 0 Å². The van der Waals surface area contributed by atoms with Crippen LogP contribution in [0.4, 0.5) is 0 Å². The number of hydrogen-bond acceptors (Lipinski definition) is 2. The summed E-state index contributed by atoms with van der Waals surface area (Å²) in [5, 5.41) is 3.74. The first-order chi connectivity index (χ1) is 7.03. The molecule has 1 aliphatic carbocycles. The van der Waals surface area contributed by atoms with Gasteiger partial charge in [-0.15, -0.1) is 0 Å². The Balaban J connectivity index is 1.63. The zero-order chi connectivity index (χ0) is 10.9. The van der Waals surface area contributed by atoms with Crippen molar-refractivity contribution in [3.63, 3.8) is 0 Å². The lowest BCUT2D eigenvalue weighted by molar-refractivity contribution is 0.260. The summed E-state index contributed by atoms with van der Waals surface area (Å²) >= 11 is 0. The van der Waals surface area contributed by atoms with E-state index in [4.69, 9.17) is 0 Å². The standard InChI is InChI=1S/C13H26N2/c1-13(2,3)7-9-15-8-6-12(10-15)14-11-4-5-11/h11-12,14H,4-10H2,1-3H3. The Kier molecular flexibility index (Phi) is 3.36. The smallest absolute Gasteiger partial charge is 0.0209 e. The van der Waals surface area contributed by atoms with Crippen molar-refractivity contribution in [3.05, 3.63) is 0 Å². The van der Waals surface area contributed by atoms with E-state index in [-0.39, 0.29) is 0 Å². The first-order valence-corrected chi connectivity index (χ1v) is 6.51. The normalized spacial score (nSPS) is 28.6.